The van der Waals surface area contributed by atoms with Gasteiger partial charge in [0.25, 0.3) is 0 Å². The number of likely N-dealkylation sites (N-methyl/N-ethyl adjacent to an activating group) is 1. The van der Waals surface area contributed by atoms with E-state index < -0.39 is 5.97 Å². The van der Waals surface area contributed by atoms with E-state index in [9.17, 15) is 9.90 Å². The number of aromatic carboxylic acids is 1. The number of thiocarbonyl (C=S) groups is 1. The molecule has 3 N–H and O–H groups in total. The van der Waals surface area contributed by atoms with Crippen LogP contribution in [-0.2, 0) is 0 Å². The molecule has 0 heterocycles. The number of carbonyl (C=O) groups is 1. The van der Waals surface area contributed by atoms with Crippen LogP contribution in [0.25, 0.3) is 0 Å². The van der Waals surface area contributed by atoms with Crippen molar-refractivity contribution in [3.8, 4) is 0 Å². The molecule has 0 unspecified atom stereocenters. The van der Waals surface area contributed by atoms with Gasteiger partial charge in [0.2, 0.25) is 0 Å². The number of rotatable bonds is 5. The molecule has 1 aromatic carbocycles. The molecule has 0 atom stereocenters. The Kier molecular flexibility index (Phi) is 5.54. The summed E-state index contributed by atoms with van der Waals surface area (Å²) < 4.78 is 0. The summed E-state index contributed by atoms with van der Waals surface area (Å²) in [5.74, 6) is -1.18. The Bertz CT molecular complexity index is 418. The Hall–Kier alpha value is -1.66. The van der Waals surface area contributed by atoms with Gasteiger partial charge in [-0.2, -0.15) is 0 Å². The molecule has 0 fully saturated rings. The first-order valence-corrected chi connectivity index (χ1v) is 6.05. The fourth-order valence-electron chi connectivity index (χ4n) is 1.29. The molecule has 1 aromatic rings. The van der Waals surface area contributed by atoms with E-state index in [0.29, 0.717) is 5.11 Å². The number of carboxylic acids is 1. The lowest BCUT2D eigenvalue weighted by molar-refractivity contribution is -0.856. The summed E-state index contributed by atoms with van der Waals surface area (Å²) in [6.07, 6.45) is 0. The van der Waals surface area contributed by atoms with Gasteiger partial charge in [0, 0.05) is 5.69 Å². The summed E-state index contributed by atoms with van der Waals surface area (Å²) in [6, 6.07) is 6.25. The monoisotopic (exact) mass is 267 g/mol. The number of hydrogen-bond donors (Lipinski definition) is 3. The van der Waals surface area contributed by atoms with Crippen LogP contribution in [0.15, 0.2) is 24.3 Å². The third-order valence-electron chi connectivity index (χ3n) is 2.29. The molecule has 0 aliphatic heterocycles. The molecule has 5 nitrogen and oxygen atoms in total. The second kappa shape index (κ2) is 6.93. The van der Waals surface area contributed by atoms with Gasteiger partial charge in [-0.3, -0.25) is 0 Å². The smallest absolute Gasteiger partial charge is 0.170 e. The summed E-state index contributed by atoms with van der Waals surface area (Å²) in [4.78, 5) is 11.9. The maximum Gasteiger partial charge on any atom is 0.170 e. The molecule has 0 spiro atoms. The SMILES string of the molecule is C[NH+](C)CCNC(=S)Nc1ccc(C(=O)[O-])cc1. The van der Waals surface area contributed by atoms with E-state index in [1.807, 2.05) is 0 Å². The highest BCUT2D eigenvalue weighted by Crippen LogP contribution is 2.08. The predicted molar refractivity (Wildman–Crippen MR) is 72.7 cm³/mol. The number of quaternary nitrogens is 1. The highest BCUT2D eigenvalue weighted by atomic mass is 32.1. The maximum atomic E-state index is 10.6. The third kappa shape index (κ3) is 5.11. The van der Waals surface area contributed by atoms with Gasteiger partial charge in [0.1, 0.15) is 0 Å². The predicted octanol–water partition coefficient (Wildman–Crippen LogP) is -1.52. The van der Waals surface area contributed by atoms with Crippen molar-refractivity contribution in [1.29, 1.82) is 0 Å². The Morgan fingerprint density at radius 3 is 2.44 bits per heavy atom. The van der Waals surface area contributed by atoms with Crippen LogP contribution in [0.5, 0.6) is 0 Å². The number of carboxylic acid groups (broad SMARTS) is 1. The Morgan fingerprint density at radius 2 is 1.94 bits per heavy atom. The first-order valence-electron chi connectivity index (χ1n) is 5.64. The van der Waals surface area contributed by atoms with Crippen molar-refractivity contribution < 1.29 is 14.8 Å². The zero-order chi connectivity index (χ0) is 13.5. The fraction of sp³-hybridized carbons (Fsp3) is 0.333. The fourth-order valence-corrected chi connectivity index (χ4v) is 1.51. The molecule has 0 aliphatic rings. The van der Waals surface area contributed by atoms with Crippen LogP contribution < -0.4 is 20.6 Å². The molecule has 0 bridgehead atoms. The van der Waals surface area contributed by atoms with Gasteiger partial charge in [-0.05, 0) is 29.9 Å². The van der Waals surface area contributed by atoms with Crippen LogP contribution >= 0.6 is 12.2 Å². The molecule has 18 heavy (non-hydrogen) atoms. The van der Waals surface area contributed by atoms with Crippen LogP contribution in [0, 0.1) is 0 Å². The quantitative estimate of drug-likeness (QED) is 0.566. The number of anilines is 1. The van der Waals surface area contributed by atoms with E-state index in [1.54, 1.807) is 12.1 Å². The molecular weight excluding hydrogens is 250 g/mol. The zero-order valence-electron chi connectivity index (χ0n) is 10.4. The van der Waals surface area contributed by atoms with Gasteiger partial charge in [0.15, 0.2) is 5.11 Å². The molecule has 0 aliphatic carbocycles. The standard InChI is InChI=1S/C12H17N3O2S/c1-15(2)8-7-13-12(18)14-10-5-3-9(4-6-10)11(16)17/h3-6H,7-8H2,1-2H3,(H,16,17)(H2,13,14,18). The van der Waals surface area contributed by atoms with Crippen molar-refractivity contribution in [2.45, 2.75) is 0 Å². The van der Waals surface area contributed by atoms with Gasteiger partial charge in [-0.1, -0.05) is 12.1 Å². The average Bonchev–Trinajstić information content (AvgIpc) is 2.29. The molecule has 98 valence electrons. The lowest BCUT2D eigenvalue weighted by Gasteiger charge is -2.12. The topological polar surface area (TPSA) is 68.6 Å². The first-order chi connectivity index (χ1) is 8.49. The van der Waals surface area contributed by atoms with Crippen molar-refractivity contribution in [3.63, 3.8) is 0 Å². The highest BCUT2D eigenvalue weighted by molar-refractivity contribution is 7.80. The Morgan fingerprint density at radius 1 is 1.33 bits per heavy atom. The minimum atomic E-state index is -1.18. The summed E-state index contributed by atoms with van der Waals surface area (Å²) in [5.41, 5.74) is 0.894. The number of benzene rings is 1. The summed E-state index contributed by atoms with van der Waals surface area (Å²) in [7, 11) is 4.13. The lowest BCUT2D eigenvalue weighted by atomic mass is 10.2. The normalized spacial score (nSPS) is 10.2. The van der Waals surface area contributed by atoms with Crippen LogP contribution in [0.1, 0.15) is 10.4 Å². The first kappa shape index (κ1) is 14.4. The minimum absolute atomic E-state index is 0.149. The van der Waals surface area contributed by atoms with E-state index in [1.165, 1.54) is 17.0 Å². The van der Waals surface area contributed by atoms with Crippen molar-refractivity contribution in [3.05, 3.63) is 29.8 Å². The zero-order valence-corrected chi connectivity index (χ0v) is 11.3. The largest absolute Gasteiger partial charge is 0.545 e. The summed E-state index contributed by atoms with van der Waals surface area (Å²) in [6.45, 7) is 1.75. The summed E-state index contributed by atoms with van der Waals surface area (Å²) in [5, 5.41) is 17.1. The van der Waals surface area contributed by atoms with Gasteiger partial charge >= 0.3 is 0 Å². The number of hydrogen-bond acceptors (Lipinski definition) is 3. The van der Waals surface area contributed by atoms with Crippen LogP contribution in [0.2, 0.25) is 0 Å². The summed E-state index contributed by atoms with van der Waals surface area (Å²) >= 11 is 5.11. The van der Waals surface area contributed by atoms with E-state index in [-0.39, 0.29) is 5.56 Å². The molecule has 0 saturated heterocycles. The Labute approximate surface area is 112 Å². The van der Waals surface area contributed by atoms with E-state index >= 15 is 0 Å². The van der Waals surface area contributed by atoms with Gasteiger partial charge < -0.3 is 25.4 Å². The molecular formula is C12H17N3O2S. The van der Waals surface area contributed by atoms with Crippen LogP contribution in [0.4, 0.5) is 5.69 Å². The van der Waals surface area contributed by atoms with Crippen LogP contribution in [0.3, 0.4) is 0 Å². The van der Waals surface area contributed by atoms with E-state index in [0.717, 1.165) is 18.8 Å². The van der Waals surface area contributed by atoms with Crippen molar-refractivity contribution in [2.75, 3.05) is 32.5 Å². The second-order valence-electron chi connectivity index (χ2n) is 4.20. The van der Waals surface area contributed by atoms with Crippen molar-refractivity contribution in [2.24, 2.45) is 0 Å². The molecule has 0 amide bonds. The lowest BCUT2D eigenvalue weighted by Crippen LogP contribution is -3.06. The van der Waals surface area contributed by atoms with Gasteiger partial charge in [-0.25, -0.2) is 0 Å². The van der Waals surface area contributed by atoms with Gasteiger partial charge in [-0.15, -0.1) is 0 Å². The van der Waals surface area contributed by atoms with Crippen LogP contribution in [-0.4, -0.2) is 38.3 Å². The molecule has 0 saturated carbocycles. The van der Waals surface area contributed by atoms with Crippen molar-refractivity contribution in [1.82, 2.24) is 5.32 Å². The van der Waals surface area contributed by atoms with Crippen molar-refractivity contribution >= 4 is 29.0 Å². The highest BCUT2D eigenvalue weighted by Gasteiger charge is 1.99. The Balaban J connectivity index is 2.42. The average molecular weight is 267 g/mol. The molecule has 6 heteroatoms. The third-order valence-corrected chi connectivity index (χ3v) is 2.54. The second-order valence-corrected chi connectivity index (χ2v) is 4.61. The maximum absolute atomic E-state index is 10.6. The number of nitrogens with one attached hydrogen (secondary N) is 3. The van der Waals surface area contributed by atoms with E-state index in [4.69, 9.17) is 12.2 Å². The minimum Gasteiger partial charge on any atom is -0.545 e. The molecule has 1 rings (SSSR count). The number of carbonyl (C=O) groups excluding carboxylic acids is 1. The van der Waals surface area contributed by atoms with Gasteiger partial charge in [0.05, 0.1) is 33.2 Å². The molecule has 0 aromatic heterocycles. The molecule has 0 radical (unpaired) electrons. The van der Waals surface area contributed by atoms with E-state index in [2.05, 4.69) is 24.7 Å².